The molecule has 0 spiro atoms. The number of ether oxygens (including phenoxy) is 1. The predicted octanol–water partition coefficient (Wildman–Crippen LogP) is 3.69. The summed E-state index contributed by atoms with van der Waals surface area (Å²) in [5.74, 6) is 1.62. The Bertz CT molecular complexity index is 423. The molecule has 1 rings (SSSR count). The van der Waals surface area contributed by atoms with Gasteiger partial charge in [0.25, 0.3) is 0 Å². The monoisotopic (exact) mass is 425 g/mol. The summed E-state index contributed by atoms with van der Waals surface area (Å²) in [6.07, 6.45) is -0.00112. The Balaban J connectivity index is 0.00000400. The van der Waals surface area contributed by atoms with Gasteiger partial charge in [-0.15, -0.1) is 24.0 Å². The zero-order valence-electron chi connectivity index (χ0n) is 13.0. The van der Waals surface area contributed by atoms with Gasteiger partial charge in [-0.05, 0) is 52.0 Å². The van der Waals surface area contributed by atoms with E-state index < -0.39 is 0 Å². The standard InChI is InChI=1S/C15H24ClN3O.HI/c1-5-17-15(19-11(2)3)18-10-12(4)20-14-8-6-13(16)7-9-14;/h6-9,11-12H,5,10H2,1-4H3,(H2,17,18,19);1H. The Hall–Kier alpha value is -0.690. The van der Waals surface area contributed by atoms with E-state index in [-0.39, 0.29) is 30.1 Å². The lowest BCUT2D eigenvalue weighted by Gasteiger charge is -2.16. The highest BCUT2D eigenvalue weighted by molar-refractivity contribution is 14.0. The summed E-state index contributed by atoms with van der Waals surface area (Å²) in [6.45, 7) is 9.64. The molecule has 0 fully saturated rings. The molecule has 0 aliphatic carbocycles. The van der Waals surface area contributed by atoms with Gasteiger partial charge in [0.1, 0.15) is 11.9 Å². The average molecular weight is 426 g/mol. The lowest BCUT2D eigenvalue weighted by molar-refractivity contribution is 0.230. The van der Waals surface area contributed by atoms with Crippen LogP contribution in [0, 0.1) is 0 Å². The molecule has 0 bridgehead atoms. The molecule has 0 saturated carbocycles. The van der Waals surface area contributed by atoms with Crippen molar-refractivity contribution >= 4 is 41.5 Å². The number of rotatable bonds is 6. The molecule has 1 aromatic rings. The predicted molar refractivity (Wildman–Crippen MR) is 101 cm³/mol. The van der Waals surface area contributed by atoms with Crippen molar-refractivity contribution < 1.29 is 4.74 Å². The summed E-state index contributed by atoms with van der Waals surface area (Å²) >= 11 is 5.84. The van der Waals surface area contributed by atoms with Gasteiger partial charge in [0, 0.05) is 17.6 Å². The van der Waals surface area contributed by atoms with Crippen molar-refractivity contribution in [2.24, 2.45) is 4.99 Å². The van der Waals surface area contributed by atoms with Crippen LogP contribution in [0.4, 0.5) is 0 Å². The molecule has 0 aliphatic rings. The van der Waals surface area contributed by atoms with Crippen molar-refractivity contribution in [2.45, 2.75) is 39.8 Å². The van der Waals surface area contributed by atoms with Crippen LogP contribution >= 0.6 is 35.6 Å². The van der Waals surface area contributed by atoms with Crippen LogP contribution in [0.5, 0.6) is 5.75 Å². The first-order valence-corrected chi connectivity index (χ1v) is 7.36. The van der Waals surface area contributed by atoms with Gasteiger partial charge in [-0.25, -0.2) is 4.99 Å². The Kier molecular flexibility index (Phi) is 10.6. The van der Waals surface area contributed by atoms with E-state index in [0.29, 0.717) is 17.6 Å². The molecule has 120 valence electrons. The molecule has 1 atom stereocenters. The van der Waals surface area contributed by atoms with Gasteiger partial charge >= 0.3 is 0 Å². The molecule has 4 nitrogen and oxygen atoms in total. The Morgan fingerprint density at radius 2 is 1.86 bits per heavy atom. The van der Waals surface area contributed by atoms with Crippen molar-refractivity contribution in [1.29, 1.82) is 0 Å². The summed E-state index contributed by atoms with van der Waals surface area (Å²) in [7, 11) is 0. The van der Waals surface area contributed by atoms with E-state index >= 15 is 0 Å². The molecule has 0 saturated heterocycles. The number of benzene rings is 1. The second-order valence-corrected chi connectivity index (χ2v) is 5.34. The fourth-order valence-electron chi connectivity index (χ4n) is 1.60. The molecule has 6 heteroatoms. The van der Waals surface area contributed by atoms with Gasteiger partial charge in [-0.3, -0.25) is 0 Å². The van der Waals surface area contributed by atoms with Crippen LogP contribution < -0.4 is 15.4 Å². The minimum atomic E-state index is -0.00112. The number of hydrogen-bond donors (Lipinski definition) is 2. The van der Waals surface area contributed by atoms with Gasteiger partial charge in [0.2, 0.25) is 0 Å². The second kappa shape index (κ2) is 11.0. The van der Waals surface area contributed by atoms with E-state index in [1.165, 1.54) is 0 Å². The van der Waals surface area contributed by atoms with Crippen LogP contribution in [-0.4, -0.2) is 31.2 Å². The third-order valence-electron chi connectivity index (χ3n) is 2.43. The molecule has 0 heterocycles. The molecule has 0 aliphatic heterocycles. The first kappa shape index (κ1) is 20.3. The van der Waals surface area contributed by atoms with Crippen LogP contribution in [0.2, 0.25) is 5.02 Å². The lowest BCUT2D eigenvalue weighted by atomic mass is 10.3. The van der Waals surface area contributed by atoms with Gasteiger partial charge < -0.3 is 15.4 Å². The number of nitrogens with zero attached hydrogens (tertiary/aromatic N) is 1. The summed E-state index contributed by atoms with van der Waals surface area (Å²) in [6, 6.07) is 7.70. The summed E-state index contributed by atoms with van der Waals surface area (Å²) in [5.41, 5.74) is 0. The van der Waals surface area contributed by atoms with Crippen LogP contribution in [0.1, 0.15) is 27.7 Å². The zero-order chi connectivity index (χ0) is 15.0. The Morgan fingerprint density at radius 3 is 2.38 bits per heavy atom. The molecule has 1 unspecified atom stereocenters. The fourth-order valence-corrected chi connectivity index (χ4v) is 1.72. The minimum absolute atomic E-state index is 0. The smallest absolute Gasteiger partial charge is 0.191 e. The van der Waals surface area contributed by atoms with E-state index in [9.17, 15) is 0 Å². The van der Waals surface area contributed by atoms with Crippen LogP contribution in [0.15, 0.2) is 29.3 Å². The number of hydrogen-bond acceptors (Lipinski definition) is 2. The van der Waals surface area contributed by atoms with Gasteiger partial charge in [0.15, 0.2) is 5.96 Å². The maximum Gasteiger partial charge on any atom is 0.191 e. The van der Waals surface area contributed by atoms with Crippen LogP contribution in [0.3, 0.4) is 0 Å². The second-order valence-electron chi connectivity index (χ2n) is 4.90. The Labute approximate surface area is 149 Å². The summed E-state index contributed by atoms with van der Waals surface area (Å²) in [5, 5.41) is 7.19. The minimum Gasteiger partial charge on any atom is -0.489 e. The lowest BCUT2D eigenvalue weighted by Crippen LogP contribution is -2.41. The number of guanidine groups is 1. The maximum absolute atomic E-state index is 5.84. The maximum atomic E-state index is 5.84. The number of halogens is 2. The molecule has 0 radical (unpaired) electrons. The molecule has 2 N–H and O–H groups in total. The SMILES string of the molecule is CCNC(=NCC(C)Oc1ccc(Cl)cc1)NC(C)C.I. The average Bonchev–Trinajstić information content (AvgIpc) is 2.38. The molecule has 0 amide bonds. The highest BCUT2D eigenvalue weighted by atomic mass is 127. The first-order valence-electron chi connectivity index (χ1n) is 6.98. The van der Waals surface area contributed by atoms with Gasteiger partial charge in [-0.2, -0.15) is 0 Å². The Morgan fingerprint density at radius 1 is 1.24 bits per heavy atom. The van der Waals surface area contributed by atoms with E-state index in [0.717, 1.165) is 18.3 Å². The molecule has 21 heavy (non-hydrogen) atoms. The van der Waals surface area contributed by atoms with Gasteiger partial charge in [0.05, 0.1) is 6.54 Å². The topological polar surface area (TPSA) is 45.7 Å². The van der Waals surface area contributed by atoms with Crippen LogP contribution in [-0.2, 0) is 0 Å². The fraction of sp³-hybridized carbons (Fsp3) is 0.533. The summed E-state index contributed by atoms with van der Waals surface area (Å²) in [4.78, 5) is 4.51. The van der Waals surface area contributed by atoms with Crippen molar-refractivity contribution in [3.8, 4) is 5.75 Å². The molecule has 1 aromatic carbocycles. The van der Waals surface area contributed by atoms with E-state index in [2.05, 4.69) is 29.5 Å². The van der Waals surface area contributed by atoms with E-state index in [1.807, 2.05) is 38.1 Å². The number of aliphatic imine (C=N–C) groups is 1. The first-order chi connectivity index (χ1) is 9.51. The highest BCUT2D eigenvalue weighted by Gasteiger charge is 2.05. The zero-order valence-corrected chi connectivity index (χ0v) is 16.1. The normalized spacial score (nSPS) is 12.6. The third-order valence-corrected chi connectivity index (χ3v) is 2.68. The molecular formula is C15H25ClIN3O. The van der Waals surface area contributed by atoms with Crippen molar-refractivity contribution in [2.75, 3.05) is 13.1 Å². The van der Waals surface area contributed by atoms with Crippen molar-refractivity contribution in [3.05, 3.63) is 29.3 Å². The molecule has 0 aromatic heterocycles. The third kappa shape index (κ3) is 9.03. The quantitative estimate of drug-likeness (QED) is 0.415. The van der Waals surface area contributed by atoms with Crippen molar-refractivity contribution in [3.63, 3.8) is 0 Å². The molecular weight excluding hydrogens is 401 g/mol. The summed E-state index contributed by atoms with van der Waals surface area (Å²) < 4.78 is 5.78. The van der Waals surface area contributed by atoms with Crippen LogP contribution in [0.25, 0.3) is 0 Å². The largest absolute Gasteiger partial charge is 0.489 e. The van der Waals surface area contributed by atoms with E-state index in [1.54, 1.807) is 0 Å². The van der Waals surface area contributed by atoms with Gasteiger partial charge in [-0.1, -0.05) is 11.6 Å². The van der Waals surface area contributed by atoms with Crippen molar-refractivity contribution in [1.82, 2.24) is 10.6 Å². The number of nitrogens with one attached hydrogen (secondary N) is 2. The van der Waals surface area contributed by atoms with E-state index in [4.69, 9.17) is 16.3 Å². The highest BCUT2D eigenvalue weighted by Crippen LogP contribution is 2.16.